The summed E-state index contributed by atoms with van der Waals surface area (Å²) in [6.07, 6.45) is 0.870. The first-order valence-corrected chi connectivity index (χ1v) is 9.66. The van der Waals surface area contributed by atoms with Gasteiger partial charge in [-0.05, 0) is 37.2 Å². The maximum Gasteiger partial charge on any atom is 0.208 e. The fourth-order valence-electron chi connectivity index (χ4n) is 3.00. The Bertz CT molecular complexity index is 1060. The lowest BCUT2D eigenvalue weighted by Crippen LogP contribution is -2.22. The van der Waals surface area contributed by atoms with E-state index < -0.39 is 9.84 Å². The molecule has 1 aliphatic heterocycles. The molecule has 0 saturated heterocycles. The second-order valence-electron chi connectivity index (χ2n) is 5.64. The van der Waals surface area contributed by atoms with Crippen molar-refractivity contribution in [3.05, 3.63) is 57.8 Å². The van der Waals surface area contributed by atoms with Crippen LogP contribution in [0.3, 0.4) is 0 Å². The van der Waals surface area contributed by atoms with Gasteiger partial charge in [0.05, 0.1) is 26.4 Å². The summed E-state index contributed by atoms with van der Waals surface area (Å²) >= 11 is 12.0. The Labute approximate surface area is 149 Å². The topological polar surface area (TPSA) is 59.3 Å². The van der Waals surface area contributed by atoms with E-state index in [9.17, 15) is 8.42 Å². The van der Waals surface area contributed by atoms with Crippen molar-refractivity contribution < 1.29 is 12.8 Å². The SMILES string of the molecule is O=S(=O)(c1ccc2c3c(oc2c1)CNCC3)c1cccc(Cl)c1Cl. The molecule has 0 amide bonds. The van der Waals surface area contributed by atoms with Crippen LogP contribution < -0.4 is 5.32 Å². The summed E-state index contributed by atoms with van der Waals surface area (Å²) in [7, 11) is -3.78. The van der Waals surface area contributed by atoms with Gasteiger partial charge in [0.1, 0.15) is 11.3 Å². The summed E-state index contributed by atoms with van der Waals surface area (Å²) in [5, 5.41) is 4.44. The minimum atomic E-state index is -3.78. The first-order chi connectivity index (χ1) is 11.5. The van der Waals surface area contributed by atoms with Crippen molar-refractivity contribution in [2.75, 3.05) is 6.54 Å². The van der Waals surface area contributed by atoms with Gasteiger partial charge in [-0.25, -0.2) is 8.42 Å². The summed E-state index contributed by atoms with van der Waals surface area (Å²) in [5.41, 5.74) is 1.72. The van der Waals surface area contributed by atoms with Crippen molar-refractivity contribution in [1.29, 1.82) is 0 Å². The second-order valence-corrected chi connectivity index (χ2v) is 8.35. The van der Waals surface area contributed by atoms with Gasteiger partial charge < -0.3 is 9.73 Å². The molecule has 0 fully saturated rings. The van der Waals surface area contributed by atoms with E-state index in [-0.39, 0.29) is 19.8 Å². The van der Waals surface area contributed by atoms with Gasteiger partial charge in [0, 0.05) is 17.0 Å². The largest absolute Gasteiger partial charge is 0.459 e. The monoisotopic (exact) mass is 381 g/mol. The third-order valence-electron chi connectivity index (χ3n) is 4.20. The fourth-order valence-corrected chi connectivity index (χ4v) is 5.03. The predicted molar refractivity (Wildman–Crippen MR) is 93.5 cm³/mol. The van der Waals surface area contributed by atoms with Crippen molar-refractivity contribution in [1.82, 2.24) is 5.32 Å². The molecule has 2 aromatic carbocycles. The average molecular weight is 382 g/mol. The lowest BCUT2D eigenvalue weighted by molar-refractivity contribution is 0.487. The van der Waals surface area contributed by atoms with E-state index in [4.69, 9.17) is 27.6 Å². The Balaban J connectivity index is 1.88. The summed E-state index contributed by atoms with van der Waals surface area (Å²) in [6.45, 7) is 1.55. The third-order valence-corrected chi connectivity index (χ3v) is 6.93. The Hall–Kier alpha value is -1.53. The molecule has 4 nitrogen and oxygen atoms in total. The highest BCUT2D eigenvalue weighted by molar-refractivity contribution is 7.91. The van der Waals surface area contributed by atoms with Crippen LogP contribution in [0.4, 0.5) is 0 Å². The maximum absolute atomic E-state index is 12.9. The van der Waals surface area contributed by atoms with Crippen molar-refractivity contribution in [3.63, 3.8) is 0 Å². The molecular weight excluding hydrogens is 369 g/mol. The molecule has 2 heterocycles. The number of furan rings is 1. The molecule has 3 aromatic rings. The summed E-state index contributed by atoms with van der Waals surface area (Å²) < 4.78 is 31.6. The molecule has 0 saturated carbocycles. The minimum absolute atomic E-state index is 0.00555. The van der Waals surface area contributed by atoms with Crippen LogP contribution in [-0.2, 0) is 22.8 Å². The number of nitrogens with one attached hydrogen (secondary N) is 1. The van der Waals surface area contributed by atoms with Gasteiger partial charge in [0.25, 0.3) is 0 Å². The molecule has 7 heteroatoms. The van der Waals surface area contributed by atoms with Crippen LogP contribution in [0.1, 0.15) is 11.3 Å². The van der Waals surface area contributed by atoms with Crippen LogP contribution in [-0.4, -0.2) is 15.0 Å². The van der Waals surface area contributed by atoms with Crippen LogP contribution >= 0.6 is 23.2 Å². The average Bonchev–Trinajstić information content (AvgIpc) is 2.95. The number of rotatable bonds is 2. The third kappa shape index (κ3) is 2.43. The summed E-state index contributed by atoms with van der Waals surface area (Å²) in [5.74, 6) is 0.867. The molecule has 0 unspecified atom stereocenters. The zero-order chi connectivity index (χ0) is 16.9. The lowest BCUT2D eigenvalue weighted by atomic mass is 10.1. The Kier molecular flexibility index (Phi) is 3.84. The highest BCUT2D eigenvalue weighted by Crippen LogP contribution is 2.35. The lowest BCUT2D eigenvalue weighted by Gasteiger charge is -2.10. The molecule has 1 aliphatic rings. The number of sulfone groups is 1. The smallest absolute Gasteiger partial charge is 0.208 e. The fraction of sp³-hybridized carbons (Fsp3) is 0.176. The van der Waals surface area contributed by atoms with Crippen LogP contribution in [0.25, 0.3) is 11.0 Å². The normalized spacial score (nSPS) is 14.8. The van der Waals surface area contributed by atoms with Crippen LogP contribution in [0.2, 0.25) is 10.0 Å². The Morgan fingerprint density at radius 1 is 1.12 bits per heavy atom. The van der Waals surface area contributed by atoms with Gasteiger partial charge in [0.15, 0.2) is 0 Å². The number of hydrogen-bond donors (Lipinski definition) is 1. The summed E-state index contributed by atoms with van der Waals surface area (Å²) in [6, 6.07) is 9.52. The van der Waals surface area contributed by atoms with Gasteiger partial charge in [-0.15, -0.1) is 0 Å². The molecule has 0 aliphatic carbocycles. The number of hydrogen-bond acceptors (Lipinski definition) is 4. The molecule has 0 radical (unpaired) electrons. The van der Waals surface area contributed by atoms with E-state index in [1.54, 1.807) is 30.3 Å². The summed E-state index contributed by atoms with van der Waals surface area (Å²) in [4.78, 5) is 0.132. The van der Waals surface area contributed by atoms with Gasteiger partial charge in [0.2, 0.25) is 9.84 Å². The zero-order valence-corrected chi connectivity index (χ0v) is 14.8. The number of benzene rings is 2. The first kappa shape index (κ1) is 16.0. The molecule has 0 atom stereocenters. The molecule has 0 spiro atoms. The van der Waals surface area contributed by atoms with E-state index in [1.807, 2.05) is 0 Å². The van der Waals surface area contributed by atoms with Gasteiger partial charge >= 0.3 is 0 Å². The van der Waals surface area contributed by atoms with Crippen LogP contribution in [0, 0.1) is 0 Å². The molecule has 0 bridgehead atoms. The standard InChI is InChI=1S/C17H13Cl2NO3S/c18-13-2-1-3-16(17(13)19)24(21,22)10-4-5-11-12-6-7-20-9-15(12)23-14(11)8-10/h1-5,8,20H,6-7,9H2. The predicted octanol–water partition coefficient (Wildman–Crippen LogP) is 4.22. The number of halogens is 2. The quantitative estimate of drug-likeness (QED) is 0.721. The molecule has 1 aromatic heterocycles. The van der Waals surface area contributed by atoms with Crippen molar-refractivity contribution in [2.24, 2.45) is 0 Å². The van der Waals surface area contributed by atoms with E-state index in [0.717, 1.165) is 29.7 Å². The van der Waals surface area contributed by atoms with E-state index in [1.165, 1.54) is 6.07 Å². The van der Waals surface area contributed by atoms with E-state index in [0.29, 0.717) is 12.1 Å². The van der Waals surface area contributed by atoms with Crippen molar-refractivity contribution in [3.8, 4) is 0 Å². The maximum atomic E-state index is 12.9. The Morgan fingerprint density at radius 2 is 1.96 bits per heavy atom. The molecule has 24 heavy (non-hydrogen) atoms. The van der Waals surface area contributed by atoms with Crippen LogP contribution in [0.5, 0.6) is 0 Å². The van der Waals surface area contributed by atoms with Gasteiger partial charge in [-0.1, -0.05) is 29.3 Å². The number of fused-ring (bicyclic) bond motifs is 3. The van der Waals surface area contributed by atoms with E-state index in [2.05, 4.69) is 5.32 Å². The molecule has 1 N–H and O–H groups in total. The second kappa shape index (κ2) is 5.77. The molecule has 4 rings (SSSR count). The Morgan fingerprint density at radius 3 is 2.79 bits per heavy atom. The highest BCUT2D eigenvalue weighted by atomic mass is 35.5. The first-order valence-electron chi connectivity index (χ1n) is 7.42. The van der Waals surface area contributed by atoms with Crippen LogP contribution in [0.15, 0.2) is 50.6 Å². The van der Waals surface area contributed by atoms with Gasteiger partial charge in [-0.2, -0.15) is 0 Å². The van der Waals surface area contributed by atoms with Crippen molar-refractivity contribution >= 4 is 44.0 Å². The molecule has 124 valence electrons. The van der Waals surface area contributed by atoms with Gasteiger partial charge in [-0.3, -0.25) is 0 Å². The zero-order valence-electron chi connectivity index (χ0n) is 12.5. The van der Waals surface area contributed by atoms with Crippen molar-refractivity contribution in [2.45, 2.75) is 22.8 Å². The minimum Gasteiger partial charge on any atom is -0.459 e. The van der Waals surface area contributed by atoms with E-state index >= 15 is 0 Å². The highest BCUT2D eigenvalue weighted by Gasteiger charge is 2.24. The molecular formula is C17H13Cl2NO3S.